The zero-order valence-electron chi connectivity index (χ0n) is 11.0. The van der Waals surface area contributed by atoms with E-state index in [0.29, 0.717) is 0 Å². The highest BCUT2D eigenvalue weighted by Crippen LogP contribution is 2.25. The number of rotatable bonds is 4. The zero-order chi connectivity index (χ0) is 13.8. The van der Waals surface area contributed by atoms with E-state index in [2.05, 4.69) is 10.3 Å². The summed E-state index contributed by atoms with van der Waals surface area (Å²) in [6.07, 6.45) is 0.658. The van der Waals surface area contributed by atoms with Gasteiger partial charge in [0.1, 0.15) is 5.82 Å². The van der Waals surface area contributed by atoms with Crippen molar-refractivity contribution in [3.8, 4) is 0 Å². The van der Waals surface area contributed by atoms with Gasteiger partial charge in [-0.1, -0.05) is 18.2 Å². The molecule has 0 radical (unpaired) electrons. The molecule has 0 saturated carbocycles. The Balaban J connectivity index is 2.19. The maximum absolute atomic E-state index is 12.8. The highest BCUT2D eigenvalue weighted by molar-refractivity contribution is 5.53. The number of benzene rings is 1. The first-order chi connectivity index (χ1) is 9.08. The minimum Gasteiger partial charge on any atom is -0.389 e. The summed E-state index contributed by atoms with van der Waals surface area (Å²) in [5.74, 6) is -0.347. The standard InChI is InChI=1S/C15H17FN2O/c1-10(14-8-7-12(16)9-17-14)18-15-6-4-3-5-13(15)11(2)19/h3-11,18-19H,1-2H3. The SMILES string of the molecule is CC(O)c1ccccc1NC(C)c1ccc(F)cn1. The van der Waals surface area contributed by atoms with Crippen molar-refractivity contribution in [2.45, 2.75) is 26.0 Å². The minimum atomic E-state index is -0.544. The number of pyridine rings is 1. The van der Waals surface area contributed by atoms with Gasteiger partial charge >= 0.3 is 0 Å². The molecular formula is C15H17FN2O. The Morgan fingerprint density at radius 1 is 1.16 bits per heavy atom. The van der Waals surface area contributed by atoms with Crippen LogP contribution in [-0.4, -0.2) is 10.1 Å². The molecule has 0 saturated heterocycles. The van der Waals surface area contributed by atoms with Crippen molar-refractivity contribution in [3.63, 3.8) is 0 Å². The van der Waals surface area contributed by atoms with Crippen LogP contribution in [0.15, 0.2) is 42.6 Å². The average molecular weight is 260 g/mol. The van der Waals surface area contributed by atoms with Gasteiger partial charge in [-0.15, -0.1) is 0 Å². The molecule has 0 fully saturated rings. The molecule has 0 spiro atoms. The van der Waals surface area contributed by atoms with Crippen LogP contribution in [0.2, 0.25) is 0 Å². The summed E-state index contributed by atoms with van der Waals surface area (Å²) >= 11 is 0. The molecule has 1 heterocycles. The second-order valence-corrected chi connectivity index (χ2v) is 4.53. The van der Waals surface area contributed by atoms with Crippen LogP contribution in [0, 0.1) is 5.82 Å². The first-order valence-corrected chi connectivity index (χ1v) is 6.23. The number of anilines is 1. The van der Waals surface area contributed by atoms with Gasteiger partial charge in [-0.25, -0.2) is 4.39 Å². The Hall–Kier alpha value is -1.94. The topological polar surface area (TPSA) is 45.1 Å². The Kier molecular flexibility index (Phi) is 4.12. The Labute approximate surface area is 112 Å². The molecule has 0 bridgehead atoms. The van der Waals surface area contributed by atoms with E-state index in [4.69, 9.17) is 0 Å². The Bertz CT molecular complexity index is 540. The van der Waals surface area contributed by atoms with Crippen LogP contribution < -0.4 is 5.32 Å². The highest BCUT2D eigenvalue weighted by Gasteiger charge is 2.11. The van der Waals surface area contributed by atoms with E-state index in [1.54, 1.807) is 13.0 Å². The number of para-hydroxylation sites is 1. The number of hydrogen-bond acceptors (Lipinski definition) is 3. The van der Waals surface area contributed by atoms with Crippen molar-refractivity contribution in [1.82, 2.24) is 4.98 Å². The predicted octanol–water partition coefficient (Wildman–Crippen LogP) is 3.45. The van der Waals surface area contributed by atoms with Crippen LogP contribution in [0.4, 0.5) is 10.1 Å². The molecule has 0 aliphatic rings. The third-order valence-corrected chi connectivity index (χ3v) is 2.98. The smallest absolute Gasteiger partial charge is 0.141 e. The van der Waals surface area contributed by atoms with Crippen LogP contribution in [-0.2, 0) is 0 Å². The molecular weight excluding hydrogens is 243 g/mol. The average Bonchev–Trinajstić information content (AvgIpc) is 2.39. The lowest BCUT2D eigenvalue weighted by Crippen LogP contribution is -2.10. The van der Waals surface area contributed by atoms with Gasteiger partial charge in [0.2, 0.25) is 0 Å². The molecule has 1 aromatic heterocycles. The third-order valence-electron chi connectivity index (χ3n) is 2.98. The summed E-state index contributed by atoms with van der Waals surface area (Å²) in [6.45, 7) is 3.67. The second kappa shape index (κ2) is 5.80. The minimum absolute atomic E-state index is 0.0690. The molecule has 2 atom stereocenters. The number of aliphatic hydroxyl groups excluding tert-OH is 1. The number of hydrogen-bond donors (Lipinski definition) is 2. The molecule has 2 N–H and O–H groups in total. The molecule has 100 valence electrons. The lowest BCUT2D eigenvalue weighted by atomic mass is 10.1. The lowest BCUT2D eigenvalue weighted by molar-refractivity contribution is 0.200. The summed E-state index contributed by atoms with van der Waals surface area (Å²) in [5, 5.41) is 13.0. The van der Waals surface area contributed by atoms with Crippen LogP contribution in [0.1, 0.15) is 37.3 Å². The lowest BCUT2D eigenvalue weighted by Gasteiger charge is -2.19. The van der Waals surface area contributed by atoms with Gasteiger partial charge in [0, 0.05) is 11.3 Å². The third kappa shape index (κ3) is 3.29. The Morgan fingerprint density at radius 2 is 1.89 bits per heavy atom. The molecule has 1 aromatic carbocycles. The summed E-state index contributed by atoms with van der Waals surface area (Å²) in [7, 11) is 0. The molecule has 2 rings (SSSR count). The van der Waals surface area contributed by atoms with Gasteiger partial charge in [0.05, 0.1) is 24.0 Å². The van der Waals surface area contributed by atoms with E-state index in [1.807, 2.05) is 31.2 Å². The van der Waals surface area contributed by atoms with Crippen LogP contribution in [0.5, 0.6) is 0 Å². The second-order valence-electron chi connectivity index (χ2n) is 4.53. The molecule has 0 aliphatic carbocycles. The van der Waals surface area contributed by atoms with Gasteiger partial charge in [-0.3, -0.25) is 4.98 Å². The van der Waals surface area contributed by atoms with Crippen LogP contribution in [0.3, 0.4) is 0 Å². The monoisotopic (exact) mass is 260 g/mol. The fourth-order valence-corrected chi connectivity index (χ4v) is 1.94. The first-order valence-electron chi connectivity index (χ1n) is 6.23. The van der Waals surface area contributed by atoms with Crippen molar-refractivity contribution >= 4 is 5.69 Å². The fraction of sp³-hybridized carbons (Fsp3) is 0.267. The zero-order valence-corrected chi connectivity index (χ0v) is 11.0. The number of aromatic nitrogens is 1. The first kappa shape index (κ1) is 13.5. The molecule has 2 aromatic rings. The van der Waals surface area contributed by atoms with E-state index in [1.165, 1.54) is 12.3 Å². The molecule has 3 nitrogen and oxygen atoms in total. The Morgan fingerprint density at radius 3 is 2.53 bits per heavy atom. The van der Waals surface area contributed by atoms with Crippen LogP contribution >= 0.6 is 0 Å². The number of nitrogens with one attached hydrogen (secondary N) is 1. The van der Waals surface area contributed by atoms with E-state index in [-0.39, 0.29) is 11.9 Å². The molecule has 0 aliphatic heterocycles. The van der Waals surface area contributed by atoms with Gasteiger partial charge in [-0.05, 0) is 32.0 Å². The van der Waals surface area contributed by atoms with Gasteiger partial charge < -0.3 is 10.4 Å². The van der Waals surface area contributed by atoms with Gasteiger partial charge in [0.25, 0.3) is 0 Å². The van der Waals surface area contributed by atoms with Crippen molar-refractivity contribution in [3.05, 3.63) is 59.7 Å². The van der Waals surface area contributed by atoms with Crippen molar-refractivity contribution in [2.24, 2.45) is 0 Å². The highest BCUT2D eigenvalue weighted by atomic mass is 19.1. The van der Waals surface area contributed by atoms with E-state index < -0.39 is 6.10 Å². The van der Waals surface area contributed by atoms with E-state index in [0.717, 1.165) is 16.9 Å². The van der Waals surface area contributed by atoms with E-state index in [9.17, 15) is 9.50 Å². The normalized spacial score (nSPS) is 13.9. The van der Waals surface area contributed by atoms with Gasteiger partial charge in [-0.2, -0.15) is 0 Å². The van der Waals surface area contributed by atoms with Crippen LogP contribution in [0.25, 0.3) is 0 Å². The van der Waals surface area contributed by atoms with E-state index >= 15 is 0 Å². The number of nitrogens with zero attached hydrogens (tertiary/aromatic N) is 1. The summed E-state index contributed by atoms with van der Waals surface area (Å²) in [6, 6.07) is 10.5. The maximum atomic E-state index is 12.8. The molecule has 19 heavy (non-hydrogen) atoms. The quantitative estimate of drug-likeness (QED) is 0.885. The van der Waals surface area contributed by atoms with Crippen molar-refractivity contribution in [2.75, 3.05) is 5.32 Å². The maximum Gasteiger partial charge on any atom is 0.141 e. The number of halogens is 1. The number of aliphatic hydroxyl groups is 1. The molecule has 0 amide bonds. The van der Waals surface area contributed by atoms with Crippen molar-refractivity contribution in [1.29, 1.82) is 0 Å². The van der Waals surface area contributed by atoms with Crippen molar-refractivity contribution < 1.29 is 9.50 Å². The molecule has 4 heteroatoms. The fourth-order valence-electron chi connectivity index (χ4n) is 1.94. The molecule has 2 unspecified atom stereocenters. The summed E-state index contributed by atoms with van der Waals surface area (Å²) < 4.78 is 12.8. The summed E-state index contributed by atoms with van der Waals surface area (Å²) in [5.41, 5.74) is 2.44. The predicted molar refractivity (Wildman–Crippen MR) is 73.3 cm³/mol. The largest absolute Gasteiger partial charge is 0.389 e. The van der Waals surface area contributed by atoms with Gasteiger partial charge in [0.15, 0.2) is 0 Å². The summed E-state index contributed by atoms with van der Waals surface area (Å²) in [4.78, 5) is 4.05.